The van der Waals surface area contributed by atoms with E-state index < -0.39 is 0 Å². The van der Waals surface area contributed by atoms with Gasteiger partial charge in [-0.2, -0.15) is 0 Å². The Morgan fingerprint density at radius 3 is 2.81 bits per heavy atom. The molecule has 0 bridgehead atoms. The van der Waals surface area contributed by atoms with Crippen LogP contribution in [-0.4, -0.2) is 61.8 Å². The highest BCUT2D eigenvalue weighted by Gasteiger charge is 2.26. The lowest BCUT2D eigenvalue weighted by molar-refractivity contribution is -0.127. The van der Waals surface area contributed by atoms with Crippen LogP contribution in [0.25, 0.3) is 5.65 Å². The van der Waals surface area contributed by atoms with Gasteiger partial charge in [-0.1, -0.05) is 6.58 Å². The number of piperidine rings is 1. The molecule has 11 nitrogen and oxygen atoms in total. The Labute approximate surface area is 178 Å². The Morgan fingerprint density at radius 2 is 2.10 bits per heavy atom. The molecule has 0 aromatic carbocycles. The zero-order valence-corrected chi connectivity index (χ0v) is 17.7. The van der Waals surface area contributed by atoms with Crippen molar-refractivity contribution < 1.29 is 14.3 Å². The summed E-state index contributed by atoms with van der Waals surface area (Å²) in [7, 11) is 4.81. The molecule has 1 aliphatic rings. The Kier molecular flexibility index (Phi) is 5.40. The zero-order chi connectivity index (χ0) is 22.1. The molecule has 1 atom stereocenters. The van der Waals surface area contributed by atoms with Gasteiger partial charge in [0.2, 0.25) is 11.8 Å². The number of aryl methyl sites for hydroxylation is 1. The van der Waals surface area contributed by atoms with Crippen molar-refractivity contribution in [1.29, 1.82) is 0 Å². The monoisotopic (exact) mass is 427 g/mol. The number of rotatable bonds is 6. The van der Waals surface area contributed by atoms with Crippen molar-refractivity contribution >= 4 is 22.9 Å². The highest BCUT2D eigenvalue weighted by atomic mass is 16.5. The summed E-state index contributed by atoms with van der Waals surface area (Å²) in [5, 5.41) is 7.53. The number of ether oxygens (including phenoxy) is 2. The molecule has 3 aromatic heterocycles. The number of nitrogens with zero attached hydrogens (tertiary/aromatic N) is 6. The number of carbonyl (C=O) groups excluding carboxylic acids is 1. The Morgan fingerprint density at radius 1 is 1.29 bits per heavy atom. The average molecular weight is 427 g/mol. The van der Waals surface area contributed by atoms with E-state index in [-0.39, 0.29) is 17.6 Å². The molecule has 0 radical (unpaired) electrons. The minimum Gasteiger partial charge on any atom is -0.481 e. The van der Waals surface area contributed by atoms with E-state index in [1.165, 1.54) is 30.9 Å². The first-order chi connectivity index (χ1) is 15.0. The molecule has 4 rings (SSSR count). The molecular weight excluding hydrogens is 402 g/mol. The van der Waals surface area contributed by atoms with Gasteiger partial charge in [0.05, 0.1) is 38.3 Å². The highest BCUT2D eigenvalue weighted by Crippen LogP contribution is 2.30. The summed E-state index contributed by atoms with van der Waals surface area (Å²) in [4.78, 5) is 31.6. The molecular formula is C20H25N7O4. The number of likely N-dealkylation sites (tertiary alicyclic amines) is 1. The number of methoxy groups -OCH3 is 2. The predicted octanol–water partition coefficient (Wildman–Crippen LogP) is 1.34. The summed E-state index contributed by atoms with van der Waals surface area (Å²) in [6, 6.07) is -0.196. The second-order valence-corrected chi connectivity index (χ2v) is 7.33. The van der Waals surface area contributed by atoms with E-state index in [4.69, 9.17) is 9.47 Å². The second-order valence-electron chi connectivity index (χ2n) is 7.33. The van der Waals surface area contributed by atoms with Gasteiger partial charge in [-0.25, -0.2) is 14.2 Å². The van der Waals surface area contributed by atoms with Gasteiger partial charge in [-0.05, 0) is 18.9 Å². The lowest BCUT2D eigenvalue weighted by atomic mass is 10.1. The Bertz CT molecular complexity index is 1190. The van der Waals surface area contributed by atoms with Crippen molar-refractivity contribution in [3.63, 3.8) is 0 Å². The second kappa shape index (κ2) is 8.17. The van der Waals surface area contributed by atoms with Crippen molar-refractivity contribution in [3.8, 4) is 11.8 Å². The maximum atomic E-state index is 13.4. The van der Waals surface area contributed by atoms with E-state index >= 15 is 0 Å². The molecule has 164 valence electrons. The van der Waals surface area contributed by atoms with E-state index in [2.05, 4.69) is 22.0 Å². The van der Waals surface area contributed by atoms with Crippen molar-refractivity contribution in [2.24, 2.45) is 7.05 Å². The van der Waals surface area contributed by atoms with E-state index in [1.807, 2.05) is 0 Å². The molecule has 1 N–H and O–H groups in total. The van der Waals surface area contributed by atoms with E-state index in [1.54, 1.807) is 33.6 Å². The number of hydrogen-bond donors (Lipinski definition) is 1. The summed E-state index contributed by atoms with van der Waals surface area (Å²) in [5.41, 5.74) is 1.34. The van der Waals surface area contributed by atoms with Crippen LogP contribution < -0.4 is 20.5 Å². The van der Waals surface area contributed by atoms with Crippen LogP contribution in [0.1, 0.15) is 18.9 Å². The summed E-state index contributed by atoms with van der Waals surface area (Å²) >= 11 is 0. The number of fused-ring (bicyclic) bond motifs is 1. The Hall–Kier alpha value is -3.76. The van der Waals surface area contributed by atoms with E-state index in [0.717, 1.165) is 12.8 Å². The van der Waals surface area contributed by atoms with Crippen molar-refractivity contribution in [2.75, 3.05) is 32.6 Å². The maximum Gasteiger partial charge on any atom is 0.337 e. The van der Waals surface area contributed by atoms with Crippen LogP contribution in [0.3, 0.4) is 0 Å². The smallest absolute Gasteiger partial charge is 0.337 e. The third kappa shape index (κ3) is 3.62. The van der Waals surface area contributed by atoms with Crippen LogP contribution in [0.5, 0.6) is 11.8 Å². The topological polar surface area (TPSA) is 108 Å². The van der Waals surface area contributed by atoms with E-state index in [9.17, 15) is 9.59 Å². The maximum absolute atomic E-state index is 13.4. The number of nitrogens with one attached hydrogen (secondary N) is 1. The summed E-state index contributed by atoms with van der Waals surface area (Å²) in [6.45, 7) is 4.63. The van der Waals surface area contributed by atoms with Gasteiger partial charge in [-0.3, -0.25) is 14.0 Å². The lowest BCUT2D eigenvalue weighted by Crippen LogP contribution is -2.43. The largest absolute Gasteiger partial charge is 0.481 e. The molecule has 1 unspecified atom stereocenters. The van der Waals surface area contributed by atoms with Gasteiger partial charge in [0.15, 0.2) is 5.65 Å². The van der Waals surface area contributed by atoms with Crippen LogP contribution in [0.4, 0.5) is 11.4 Å². The fraction of sp³-hybridized carbons (Fsp3) is 0.400. The third-order valence-corrected chi connectivity index (χ3v) is 5.39. The van der Waals surface area contributed by atoms with Crippen LogP contribution in [0, 0.1) is 0 Å². The van der Waals surface area contributed by atoms with Gasteiger partial charge in [0.25, 0.3) is 5.88 Å². The van der Waals surface area contributed by atoms with Crippen molar-refractivity contribution in [3.05, 3.63) is 41.7 Å². The van der Waals surface area contributed by atoms with Crippen LogP contribution in [0.15, 0.2) is 36.0 Å². The van der Waals surface area contributed by atoms with Crippen molar-refractivity contribution in [2.45, 2.75) is 18.9 Å². The average Bonchev–Trinajstić information content (AvgIpc) is 3.38. The molecule has 0 aliphatic carbocycles. The third-order valence-electron chi connectivity index (χ3n) is 5.39. The molecule has 1 amide bonds. The van der Waals surface area contributed by atoms with Gasteiger partial charge in [-0.15, -0.1) is 5.10 Å². The summed E-state index contributed by atoms with van der Waals surface area (Å²) in [5.74, 6) is 0.597. The van der Waals surface area contributed by atoms with Crippen LogP contribution in [-0.2, 0) is 11.8 Å². The number of aromatic nitrogens is 5. The van der Waals surface area contributed by atoms with E-state index in [0.29, 0.717) is 41.9 Å². The van der Waals surface area contributed by atoms with Crippen molar-refractivity contribution in [1.82, 2.24) is 28.6 Å². The number of imidazole rings is 1. The SMILES string of the molecule is C=CC(=O)N1CCCC(n2cc(Nc3cn(C)nc3OC)c3ncc(OC)n3c2=O)C1. The summed E-state index contributed by atoms with van der Waals surface area (Å²) in [6.07, 6.45) is 7.85. The normalized spacial score (nSPS) is 16.4. The summed E-state index contributed by atoms with van der Waals surface area (Å²) < 4.78 is 15.4. The van der Waals surface area contributed by atoms with Gasteiger partial charge < -0.3 is 19.7 Å². The standard InChI is InChI=1S/C20H25N7O4/c1-5-16(28)25-8-6-7-13(10-25)26-12-14(22-15-11-24(2)23-19(15)31-4)18-21-9-17(30-3)27(18)20(26)29/h5,9,11-13,22H,1,6-8,10H2,2-4H3. The first-order valence-corrected chi connectivity index (χ1v) is 9.89. The number of amides is 1. The lowest BCUT2D eigenvalue weighted by Gasteiger charge is -2.33. The number of hydrogen-bond acceptors (Lipinski definition) is 7. The molecule has 11 heteroatoms. The molecule has 4 heterocycles. The number of carbonyl (C=O) groups is 1. The van der Waals surface area contributed by atoms with Gasteiger partial charge in [0, 0.05) is 26.3 Å². The molecule has 31 heavy (non-hydrogen) atoms. The molecule has 1 saturated heterocycles. The minimum absolute atomic E-state index is 0.141. The molecule has 0 saturated carbocycles. The highest BCUT2D eigenvalue weighted by molar-refractivity contribution is 5.87. The first kappa shape index (κ1) is 20.5. The quantitative estimate of drug-likeness (QED) is 0.592. The van der Waals surface area contributed by atoms with Crippen LogP contribution >= 0.6 is 0 Å². The first-order valence-electron chi connectivity index (χ1n) is 9.89. The zero-order valence-electron chi connectivity index (χ0n) is 17.7. The van der Waals surface area contributed by atoms with Gasteiger partial charge in [0.1, 0.15) is 5.69 Å². The fourth-order valence-electron chi connectivity index (χ4n) is 3.93. The van der Waals surface area contributed by atoms with Crippen LogP contribution in [0.2, 0.25) is 0 Å². The fourth-order valence-corrected chi connectivity index (χ4v) is 3.93. The predicted molar refractivity (Wildman–Crippen MR) is 114 cm³/mol. The Balaban J connectivity index is 1.82. The molecule has 1 fully saturated rings. The van der Waals surface area contributed by atoms with Gasteiger partial charge >= 0.3 is 5.69 Å². The number of anilines is 2. The molecule has 1 aliphatic heterocycles. The molecule has 3 aromatic rings. The minimum atomic E-state index is -0.286. The molecule has 0 spiro atoms.